The number of thiazole rings is 1. The lowest BCUT2D eigenvalue weighted by Crippen LogP contribution is -2.24. The van der Waals surface area contributed by atoms with Gasteiger partial charge in [-0.3, -0.25) is 0 Å². The van der Waals surface area contributed by atoms with Crippen molar-refractivity contribution in [3.63, 3.8) is 0 Å². The molecule has 0 amide bonds. The van der Waals surface area contributed by atoms with Crippen molar-refractivity contribution in [3.05, 3.63) is 51.5 Å². The van der Waals surface area contributed by atoms with E-state index in [-0.39, 0.29) is 0 Å². The molecule has 1 aromatic carbocycles. The van der Waals surface area contributed by atoms with Crippen molar-refractivity contribution in [1.82, 2.24) is 10.3 Å². The maximum absolute atomic E-state index is 4.43. The third-order valence-electron chi connectivity index (χ3n) is 3.35. The van der Waals surface area contributed by atoms with Gasteiger partial charge in [0.2, 0.25) is 0 Å². The molecule has 2 unspecified atom stereocenters. The number of hydrogen-bond acceptors (Lipinski definition) is 3. The SMILES string of the molecule is CCC(NC(C)c1cc(C)cc(C)c1)c1nccs1. The summed E-state index contributed by atoms with van der Waals surface area (Å²) in [5, 5.41) is 6.91. The van der Waals surface area contributed by atoms with Crippen LogP contribution in [-0.4, -0.2) is 4.98 Å². The molecule has 0 aliphatic rings. The number of aryl methyl sites for hydroxylation is 2. The second kappa shape index (κ2) is 6.31. The van der Waals surface area contributed by atoms with Gasteiger partial charge < -0.3 is 5.32 Å². The van der Waals surface area contributed by atoms with Crippen LogP contribution < -0.4 is 5.32 Å². The van der Waals surface area contributed by atoms with Gasteiger partial charge in [0.15, 0.2) is 0 Å². The molecule has 2 aromatic rings. The Bertz CT molecular complexity index is 499. The average molecular weight is 274 g/mol. The van der Waals surface area contributed by atoms with Crippen LogP contribution in [0.5, 0.6) is 0 Å². The highest BCUT2D eigenvalue weighted by Gasteiger charge is 2.16. The van der Waals surface area contributed by atoms with Crippen molar-refractivity contribution < 1.29 is 0 Å². The highest BCUT2D eigenvalue weighted by molar-refractivity contribution is 7.09. The molecule has 2 atom stereocenters. The molecule has 0 radical (unpaired) electrons. The summed E-state index contributed by atoms with van der Waals surface area (Å²) >= 11 is 1.73. The van der Waals surface area contributed by atoms with Gasteiger partial charge in [-0.25, -0.2) is 4.98 Å². The predicted molar refractivity (Wildman–Crippen MR) is 82.6 cm³/mol. The first-order valence-electron chi connectivity index (χ1n) is 6.83. The van der Waals surface area contributed by atoms with Gasteiger partial charge in [-0.1, -0.05) is 36.2 Å². The average Bonchev–Trinajstić information content (AvgIpc) is 2.88. The first-order valence-corrected chi connectivity index (χ1v) is 7.71. The quantitative estimate of drug-likeness (QED) is 0.864. The lowest BCUT2D eigenvalue weighted by Gasteiger charge is -2.21. The molecule has 0 aliphatic carbocycles. The zero-order valence-corrected chi connectivity index (χ0v) is 12.9. The van der Waals surface area contributed by atoms with Gasteiger partial charge in [0, 0.05) is 17.6 Å². The van der Waals surface area contributed by atoms with Crippen molar-refractivity contribution in [3.8, 4) is 0 Å². The smallest absolute Gasteiger partial charge is 0.109 e. The molecule has 1 aromatic heterocycles. The zero-order valence-electron chi connectivity index (χ0n) is 12.1. The highest BCUT2D eigenvalue weighted by Crippen LogP contribution is 2.24. The second-order valence-electron chi connectivity index (χ2n) is 5.14. The molecule has 0 fully saturated rings. The summed E-state index contributed by atoms with van der Waals surface area (Å²) < 4.78 is 0. The molecule has 0 aliphatic heterocycles. The third kappa shape index (κ3) is 3.64. The lowest BCUT2D eigenvalue weighted by atomic mass is 10.0. The fourth-order valence-electron chi connectivity index (χ4n) is 2.43. The topological polar surface area (TPSA) is 24.9 Å². The Balaban J connectivity index is 2.13. The van der Waals surface area contributed by atoms with E-state index in [0.29, 0.717) is 12.1 Å². The Kier molecular flexibility index (Phi) is 4.72. The van der Waals surface area contributed by atoms with Crippen molar-refractivity contribution in [1.29, 1.82) is 0 Å². The molecule has 1 N–H and O–H groups in total. The standard InChI is InChI=1S/C16H22N2S/c1-5-15(16-17-6-7-19-16)18-13(4)14-9-11(2)8-12(3)10-14/h6-10,13,15,18H,5H2,1-4H3. The third-order valence-corrected chi connectivity index (χ3v) is 4.24. The molecule has 3 heteroatoms. The maximum atomic E-state index is 4.43. The largest absolute Gasteiger partial charge is 0.301 e. The normalized spacial score (nSPS) is 14.3. The van der Waals surface area contributed by atoms with Crippen molar-refractivity contribution >= 4 is 11.3 Å². The fraction of sp³-hybridized carbons (Fsp3) is 0.438. The molecule has 2 nitrogen and oxygen atoms in total. The molecule has 0 bridgehead atoms. The first-order chi connectivity index (χ1) is 9.10. The minimum absolute atomic E-state index is 0.340. The Morgan fingerprint density at radius 3 is 2.42 bits per heavy atom. The molecule has 0 saturated carbocycles. The molecular weight excluding hydrogens is 252 g/mol. The van der Waals surface area contributed by atoms with Crippen LogP contribution in [0.15, 0.2) is 29.8 Å². The molecular formula is C16H22N2S. The monoisotopic (exact) mass is 274 g/mol. The van der Waals surface area contributed by atoms with Crippen LogP contribution in [0, 0.1) is 13.8 Å². The van der Waals surface area contributed by atoms with Gasteiger partial charge in [0.05, 0.1) is 6.04 Å². The number of nitrogens with zero attached hydrogens (tertiary/aromatic N) is 1. The Labute approximate surface area is 119 Å². The summed E-state index contributed by atoms with van der Waals surface area (Å²) in [6.45, 7) is 8.74. The molecule has 102 valence electrons. The minimum atomic E-state index is 0.340. The van der Waals surface area contributed by atoms with Gasteiger partial charge in [-0.15, -0.1) is 11.3 Å². The van der Waals surface area contributed by atoms with E-state index in [9.17, 15) is 0 Å². The maximum Gasteiger partial charge on any atom is 0.109 e. The molecule has 1 heterocycles. The summed E-state index contributed by atoms with van der Waals surface area (Å²) in [4.78, 5) is 4.43. The minimum Gasteiger partial charge on any atom is -0.301 e. The number of hydrogen-bond donors (Lipinski definition) is 1. The number of aromatic nitrogens is 1. The van der Waals surface area contributed by atoms with E-state index in [4.69, 9.17) is 0 Å². The first kappa shape index (κ1) is 14.2. The van der Waals surface area contributed by atoms with Crippen LogP contribution in [0.25, 0.3) is 0 Å². The van der Waals surface area contributed by atoms with E-state index in [2.05, 4.69) is 56.2 Å². The van der Waals surface area contributed by atoms with Crippen LogP contribution in [0.4, 0.5) is 0 Å². The van der Waals surface area contributed by atoms with Crippen LogP contribution in [0.3, 0.4) is 0 Å². The second-order valence-corrected chi connectivity index (χ2v) is 6.07. The van der Waals surface area contributed by atoms with Gasteiger partial charge in [-0.2, -0.15) is 0 Å². The van der Waals surface area contributed by atoms with Crippen molar-refractivity contribution in [2.75, 3.05) is 0 Å². The molecule has 2 rings (SSSR count). The van der Waals surface area contributed by atoms with E-state index in [0.717, 1.165) is 6.42 Å². The van der Waals surface area contributed by atoms with Crippen molar-refractivity contribution in [2.45, 2.75) is 46.2 Å². The van der Waals surface area contributed by atoms with E-state index < -0.39 is 0 Å². The zero-order chi connectivity index (χ0) is 13.8. The highest BCUT2D eigenvalue weighted by atomic mass is 32.1. The summed E-state index contributed by atoms with van der Waals surface area (Å²) in [6.07, 6.45) is 2.94. The van der Waals surface area contributed by atoms with Crippen LogP contribution in [0.2, 0.25) is 0 Å². The number of nitrogens with one attached hydrogen (secondary N) is 1. The van der Waals surface area contributed by atoms with Crippen LogP contribution >= 0.6 is 11.3 Å². The van der Waals surface area contributed by atoms with E-state index in [1.54, 1.807) is 11.3 Å². The van der Waals surface area contributed by atoms with Crippen molar-refractivity contribution in [2.24, 2.45) is 0 Å². The van der Waals surface area contributed by atoms with Crippen LogP contribution in [-0.2, 0) is 0 Å². The summed E-state index contributed by atoms with van der Waals surface area (Å²) in [5.74, 6) is 0. The van der Waals surface area contributed by atoms with E-state index in [1.165, 1.54) is 21.7 Å². The Morgan fingerprint density at radius 2 is 1.89 bits per heavy atom. The summed E-state index contributed by atoms with van der Waals surface area (Å²) in [7, 11) is 0. The fourth-order valence-corrected chi connectivity index (χ4v) is 3.21. The lowest BCUT2D eigenvalue weighted by molar-refractivity contribution is 0.454. The van der Waals surface area contributed by atoms with Gasteiger partial charge in [0.25, 0.3) is 0 Å². The molecule has 19 heavy (non-hydrogen) atoms. The van der Waals surface area contributed by atoms with E-state index in [1.807, 2.05) is 11.6 Å². The summed E-state index contributed by atoms with van der Waals surface area (Å²) in [5.41, 5.74) is 4.00. The number of benzene rings is 1. The summed E-state index contributed by atoms with van der Waals surface area (Å²) in [6, 6.07) is 7.43. The molecule has 0 saturated heterocycles. The van der Waals surface area contributed by atoms with Gasteiger partial charge in [0.1, 0.15) is 5.01 Å². The van der Waals surface area contributed by atoms with Gasteiger partial charge in [-0.05, 0) is 32.8 Å². The Morgan fingerprint density at radius 1 is 1.21 bits per heavy atom. The van der Waals surface area contributed by atoms with Gasteiger partial charge >= 0.3 is 0 Å². The predicted octanol–water partition coefficient (Wildman–Crippen LogP) is 4.56. The van der Waals surface area contributed by atoms with Crippen LogP contribution in [0.1, 0.15) is 54.0 Å². The van der Waals surface area contributed by atoms with E-state index >= 15 is 0 Å². The Hall–Kier alpha value is -1.19. The number of rotatable bonds is 5. The molecule has 0 spiro atoms.